The molecule has 0 aliphatic heterocycles. The molecular weight excluding hydrogens is 260 g/mol. The van der Waals surface area contributed by atoms with Gasteiger partial charge in [0.15, 0.2) is 0 Å². The van der Waals surface area contributed by atoms with Crippen LogP contribution in [0.3, 0.4) is 0 Å². The molecule has 0 spiro atoms. The van der Waals surface area contributed by atoms with Crippen LogP contribution in [0.25, 0.3) is 0 Å². The largest absolute Gasteiger partial charge is 0.470 e. The molecule has 2 atom stereocenters. The van der Waals surface area contributed by atoms with Crippen molar-refractivity contribution in [2.75, 3.05) is 14.2 Å². The molecule has 0 aromatic heterocycles. The van der Waals surface area contributed by atoms with E-state index in [-0.39, 0.29) is 11.5 Å². The maximum Gasteiger partial charge on any atom is 0.337 e. The van der Waals surface area contributed by atoms with Crippen molar-refractivity contribution in [3.05, 3.63) is 49.0 Å². The third kappa shape index (κ3) is 3.38. The van der Waals surface area contributed by atoms with Crippen molar-refractivity contribution in [2.24, 2.45) is 11.8 Å². The van der Waals surface area contributed by atoms with Crippen LogP contribution in [-0.4, -0.2) is 26.2 Å². The van der Waals surface area contributed by atoms with Crippen LogP contribution in [0.15, 0.2) is 49.0 Å². The van der Waals surface area contributed by atoms with Crippen molar-refractivity contribution in [3.8, 4) is 0 Å². The topological polar surface area (TPSA) is 61.8 Å². The summed E-state index contributed by atoms with van der Waals surface area (Å²) in [6.07, 6.45) is 6.50. The zero-order valence-electron chi connectivity index (χ0n) is 11.6. The van der Waals surface area contributed by atoms with Gasteiger partial charge in [0.2, 0.25) is 0 Å². The van der Waals surface area contributed by atoms with E-state index in [1.54, 1.807) is 12.2 Å². The maximum atomic E-state index is 11.9. The summed E-state index contributed by atoms with van der Waals surface area (Å²) >= 11 is 0. The smallest absolute Gasteiger partial charge is 0.337 e. The molecule has 0 fully saturated rings. The normalized spacial score (nSPS) is 21.1. The van der Waals surface area contributed by atoms with Crippen molar-refractivity contribution in [3.63, 3.8) is 0 Å². The molecule has 0 aromatic rings. The number of hydrogen-bond donors (Lipinski definition) is 0. The fraction of sp³-hybridized carbons (Fsp3) is 0.333. The lowest BCUT2D eigenvalue weighted by Gasteiger charge is -2.27. The summed E-state index contributed by atoms with van der Waals surface area (Å²) < 4.78 is 14.8. The average molecular weight is 278 g/mol. The fourth-order valence-electron chi connectivity index (χ4n) is 2.07. The molecule has 5 nitrogen and oxygen atoms in total. The summed E-state index contributed by atoms with van der Waals surface area (Å²) in [5.41, 5.74) is 0.250. The van der Waals surface area contributed by atoms with Crippen molar-refractivity contribution in [2.45, 2.75) is 6.42 Å². The first-order chi connectivity index (χ1) is 9.58. The lowest BCUT2D eigenvalue weighted by molar-refractivity contribution is -0.145. The number of ether oxygens (including phenoxy) is 3. The summed E-state index contributed by atoms with van der Waals surface area (Å²) in [4.78, 5) is 23.5. The van der Waals surface area contributed by atoms with Crippen LogP contribution in [0.2, 0.25) is 0 Å². The van der Waals surface area contributed by atoms with Gasteiger partial charge in [0.1, 0.15) is 5.76 Å². The molecular formula is C15H18O5. The molecule has 0 radical (unpaired) electrons. The highest BCUT2D eigenvalue weighted by atomic mass is 16.5. The van der Waals surface area contributed by atoms with E-state index >= 15 is 0 Å². The van der Waals surface area contributed by atoms with E-state index < -0.39 is 17.9 Å². The second-order valence-corrected chi connectivity index (χ2v) is 4.12. The van der Waals surface area contributed by atoms with Crippen molar-refractivity contribution < 1.29 is 23.8 Å². The molecule has 5 heteroatoms. The number of methoxy groups -OCH3 is 2. The Labute approximate surface area is 118 Å². The molecule has 0 saturated heterocycles. The summed E-state index contributed by atoms with van der Waals surface area (Å²) in [7, 11) is 2.57. The minimum atomic E-state index is -0.632. The van der Waals surface area contributed by atoms with E-state index in [1.165, 1.54) is 26.6 Å². The van der Waals surface area contributed by atoms with Gasteiger partial charge in [0, 0.05) is 5.92 Å². The number of rotatable bonds is 6. The van der Waals surface area contributed by atoms with Crippen LogP contribution in [0.1, 0.15) is 6.42 Å². The zero-order chi connectivity index (χ0) is 15.1. The van der Waals surface area contributed by atoms with Crippen molar-refractivity contribution >= 4 is 11.9 Å². The lowest BCUT2D eigenvalue weighted by atomic mass is 9.82. The molecule has 1 aliphatic rings. The molecule has 108 valence electrons. The minimum absolute atomic E-state index is 0.250. The second-order valence-electron chi connectivity index (χ2n) is 4.12. The number of allylic oxidation sites excluding steroid dienone is 2. The Morgan fingerprint density at radius 3 is 2.50 bits per heavy atom. The van der Waals surface area contributed by atoms with Crippen LogP contribution in [0.4, 0.5) is 0 Å². The molecule has 0 aromatic carbocycles. The van der Waals surface area contributed by atoms with E-state index in [0.717, 1.165) is 0 Å². The third-order valence-electron chi connectivity index (χ3n) is 2.99. The molecule has 1 aliphatic carbocycles. The third-order valence-corrected chi connectivity index (χ3v) is 2.99. The van der Waals surface area contributed by atoms with Crippen LogP contribution in [0.5, 0.6) is 0 Å². The van der Waals surface area contributed by atoms with E-state index in [2.05, 4.69) is 17.9 Å². The molecule has 0 amide bonds. The van der Waals surface area contributed by atoms with Crippen molar-refractivity contribution in [1.29, 1.82) is 0 Å². The Morgan fingerprint density at radius 1 is 1.30 bits per heavy atom. The first-order valence-corrected chi connectivity index (χ1v) is 6.07. The molecule has 0 heterocycles. The van der Waals surface area contributed by atoms with Crippen LogP contribution in [0, 0.1) is 11.8 Å². The van der Waals surface area contributed by atoms with E-state index in [0.29, 0.717) is 12.2 Å². The molecule has 1 rings (SSSR count). The Balaban J connectivity index is 3.22. The predicted octanol–water partition coefficient (Wildman–Crippen LogP) is 2.12. The number of esters is 2. The maximum absolute atomic E-state index is 11.9. The predicted molar refractivity (Wildman–Crippen MR) is 73.3 cm³/mol. The van der Waals surface area contributed by atoms with Crippen LogP contribution in [-0.2, 0) is 23.8 Å². The number of carbonyl (C=O) groups is 2. The molecule has 0 bridgehead atoms. The first kappa shape index (κ1) is 15.8. The van der Waals surface area contributed by atoms with Gasteiger partial charge in [-0.25, -0.2) is 4.79 Å². The summed E-state index contributed by atoms with van der Waals surface area (Å²) in [6, 6.07) is 0. The van der Waals surface area contributed by atoms with Crippen LogP contribution < -0.4 is 0 Å². The van der Waals surface area contributed by atoms with Gasteiger partial charge in [-0.3, -0.25) is 4.79 Å². The Bertz CT molecular complexity index is 473. The average Bonchev–Trinajstić information content (AvgIpc) is 2.47. The van der Waals surface area contributed by atoms with Gasteiger partial charge >= 0.3 is 11.9 Å². The SMILES string of the molecule is C=CCC1C(OC=C)=CC(C(=O)OC)=CC1C(=O)OC. The fourth-order valence-corrected chi connectivity index (χ4v) is 2.07. The molecule has 0 saturated carbocycles. The Hall–Kier alpha value is -2.30. The van der Waals surface area contributed by atoms with Gasteiger partial charge in [-0.15, -0.1) is 6.58 Å². The van der Waals surface area contributed by atoms with Crippen molar-refractivity contribution in [1.82, 2.24) is 0 Å². The Kier molecular flexibility index (Phi) is 5.77. The molecule has 0 N–H and O–H groups in total. The number of hydrogen-bond acceptors (Lipinski definition) is 5. The van der Waals surface area contributed by atoms with E-state index in [9.17, 15) is 9.59 Å². The minimum Gasteiger partial charge on any atom is -0.470 e. The van der Waals surface area contributed by atoms with Gasteiger partial charge in [-0.1, -0.05) is 18.7 Å². The quantitative estimate of drug-likeness (QED) is 0.423. The molecule has 2 unspecified atom stereocenters. The van der Waals surface area contributed by atoms with Gasteiger partial charge in [-0.05, 0) is 12.5 Å². The summed E-state index contributed by atoms with van der Waals surface area (Å²) in [6.45, 7) is 7.15. The zero-order valence-corrected chi connectivity index (χ0v) is 11.6. The summed E-state index contributed by atoms with van der Waals surface area (Å²) in [5.74, 6) is -1.45. The van der Waals surface area contributed by atoms with Gasteiger partial charge in [-0.2, -0.15) is 0 Å². The van der Waals surface area contributed by atoms with Gasteiger partial charge in [0.05, 0.1) is 32.0 Å². The first-order valence-electron chi connectivity index (χ1n) is 6.07. The lowest BCUT2D eigenvalue weighted by Crippen LogP contribution is -2.29. The summed E-state index contributed by atoms with van der Waals surface area (Å²) in [5, 5.41) is 0. The van der Waals surface area contributed by atoms with E-state index in [4.69, 9.17) is 9.47 Å². The van der Waals surface area contributed by atoms with Crippen LogP contribution >= 0.6 is 0 Å². The van der Waals surface area contributed by atoms with Gasteiger partial charge in [0.25, 0.3) is 0 Å². The highest BCUT2D eigenvalue weighted by molar-refractivity contribution is 5.93. The highest BCUT2D eigenvalue weighted by Gasteiger charge is 2.35. The highest BCUT2D eigenvalue weighted by Crippen LogP contribution is 2.34. The monoisotopic (exact) mass is 278 g/mol. The number of carbonyl (C=O) groups excluding carboxylic acids is 2. The second kappa shape index (κ2) is 7.33. The van der Waals surface area contributed by atoms with Gasteiger partial charge < -0.3 is 14.2 Å². The van der Waals surface area contributed by atoms with E-state index in [1.807, 2.05) is 0 Å². The molecule has 20 heavy (non-hydrogen) atoms. The standard InChI is InChI=1S/C15H18O5/c1-5-7-11-12(15(17)19-4)8-10(14(16)18-3)9-13(11)20-6-2/h5-6,8-9,11-12H,1-2,7H2,3-4H3. The Morgan fingerprint density at radius 2 is 2.00 bits per heavy atom.